The van der Waals surface area contributed by atoms with Crippen LogP contribution in [0.5, 0.6) is 0 Å². The van der Waals surface area contributed by atoms with Gasteiger partial charge in [0.1, 0.15) is 11.7 Å². The highest BCUT2D eigenvalue weighted by molar-refractivity contribution is 6.01. The fraction of sp³-hybridized carbons (Fsp3) is 0.588. The Morgan fingerprint density at radius 3 is 2.42 bits per heavy atom. The maximum absolute atomic E-state index is 13.5. The molecule has 0 unspecified atom stereocenters. The second-order valence-corrected chi connectivity index (χ2v) is 14.1. The molecule has 0 radical (unpaired) electrons. The molecule has 2 aromatic rings. The Morgan fingerprint density at radius 2 is 1.79 bits per heavy atom. The van der Waals surface area contributed by atoms with Crippen molar-refractivity contribution in [3.8, 4) is 0 Å². The van der Waals surface area contributed by atoms with Gasteiger partial charge in [-0.15, -0.1) is 0 Å². The van der Waals surface area contributed by atoms with E-state index in [-0.39, 0.29) is 29.0 Å². The summed E-state index contributed by atoms with van der Waals surface area (Å²) in [7, 11) is 1.29. The summed E-state index contributed by atoms with van der Waals surface area (Å²) in [5, 5.41) is 5.65. The molecule has 43 heavy (non-hydrogen) atoms. The number of carbonyl (C=O) groups excluding carboxylic acids is 3. The minimum atomic E-state index is -0.933. The monoisotopic (exact) mass is 590 g/mol. The van der Waals surface area contributed by atoms with Crippen molar-refractivity contribution in [2.24, 2.45) is 23.2 Å². The minimum absolute atomic E-state index is 0.194. The van der Waals surface area contributed by atoms with Crippen molar-refractivity contribution in [1.29, 1.82) is 0 Å². The number of hydrogen-bond donors (Lipinski definition) is 3. The van der Waals surface area contributed by atoms with Crippen molar-refractivity contribution in [2.75, 3.05) is 12.4 Å². The molecule has 2 aromatic heterocycles. The molecule has 0 saturated heterocycles. The molecule has 2 amide bonds. The highest BCUT2D eigenvalue weighted by Gasteiger charge is 2.50. The van der Waals surface area contributed by atoms with Crippen molar-refractivity contribution in [2.45, 2.75) is 96.6 Å². The van der Waals surface area contributed by atoms with Gasteiger partial charge in [0.25, 0.3) is 11.5 Å². The molecule has 4 aliphatic rings. The summed E-state index contributed by atoms with van der Waals surface area (Å²) in [6.45, 7) is 6.67. The lowest BCUT2D eigenvalue weighted by molar-refractivity contribution is -0.134. The lowest BCUT2D eigenvalue weighted by Gasteiger charge is -2.57. The molecule has 232 valence electrons. The number of nitrogens with one attached hydrogen (secondary N) is 3. The van der Waals surface area contributed by atoms with E-state index in [0.29, 0.717) is 23.9 Å². The Hall–Kier alpha value is -3.62. The smallest absolute Gasteiger partial charge is 0.330 e. The van der Waals surface area contributed by atoms with E-state index in [1.165, 1.54) is 51.7 Å². The number of aryl methyl sites for hydroxylation is 1. The van der Waals surface area contributed by atoms with Crippen LogP contribution in [0.4, 0.5) is 5.69 Å². The quantitative estimate of drug-likeness (QED) is 0.241. The van der Waals surface area contributed by atoms with Crippen molar-refractivity contribution in [3.05, 3.63) is 64.4 Å². The van der Waals surface area contributed by atoms with Crippen molar-refractivity contribution < 1.29 is 19.1 Å². The molecule has 4 aliphatic carbocycles. The first-order valence-electron chi connectivity index (χ1n) is 15.7. The SMILES string of the molecule is COC(=O)/C=C/CC[C@H](NC(=O)c1c[nH]cc1C(C)(C)C)C(=O)Nc1cccn(CCC23CC4CC(CC(C4)C2)C3)c1=O. The molecule has 4 saturated carbocycles. The number of esters is 1. The van der Waals surface area contributed by atoms with Gasteiger partial charge < -0.3 is 24.9 Å². The number of ether oxygens (including phenoxy) is 1. The number of aromatic amines is 1. The fourth-order valence-corrected chi connectivity index (χ4v) is 8.17. The van der Waals surface area contributed by atoms with Crippen LogP contribution < -0.4 is 16.2 Å². The second kappa shape index (κ2) is 12.5. The van der Waals surface area contributed by atoms with Crippen LogP contribution in [0.25, 0.3) is 0 Å². The molecule has 2 heterocycles. The third-order valence-corrected chi connectivity index (χ3v) is 9.82. The van der Waals surface area contributed by atoms with E-state index >= 15 is 0 Å². The molecule has 6 rings (SSSR count). The van der Waals surface area contributed by atoms with Gasteiger partial charge in [-0.1, -0.05) is 26.8 Å². The largest absolute Gasteiger partial charge is 0.466 e. The lowest BCUT2D eigenvalue weighted by Crippen LogP contribution is -2.46. The average Bonchev–Trinajstić information content (AvgIpc) is 3.45. The summed E-state index contributed by atoms with van der Waals surface area (Å²) in [5.41, 5.74) is 1.32. The van der Waals surface area contributed by atoms with Crippen molar-refractivity contribution in [3.63, 3.8) is 0 Å². The molecule has 4 fully saturated rings. The van der Waals surface area contributed by atoms with E-state index in [9.17, 15) is 19.2 Å². The van der Waals surface area contributed by atoms with Gasteiger partial charge in [-0.2, -0.15) is 0 Å². The lowest BCUT2D eigenvalue weighted by atomic mass is 9.49. The van der Waals surface area contributed by atoms with Gasteiger partial charge in [0.2, 0.25) is 5.91 Å². The van der Waals surface area contributed by atoms with Crippen LogP contribution in [0.15, 0.2) is 47.7 Å². The fourth-order valence-electron chi connectivity index (χ4n) is 8.17. The van der Waals surface area contributed by atoms with E-state index < -0.39 is 17.9 Å². The number of aromatic nitrogens is 2. The third-order valence-electron chi connectivity index (χ3n) is 9.82. The van der Waals surface area contributed by atoms with Crippen LogP contribution in [0, 0.1) is 23.2 Å². The van der Waals surface area contributed by atoms with E-state index in [1.54, 1.807) is 41.4 Å². The standard InChI is InChI=1S/C34H46N4O5/c1-33(2,3)26-21-35-20-25(26)30(40)36-27(8-5-6-10-29(39)43-4)31(41)37-28-9-7-12-38(32(28)42)13-11-34-17-22-14-23(18-34)16-24(15-22)19-34/h6-7,9-10,12,20-24,27,35H,5,8,11,13-19H2,1-4H3,(H,36,40)(H,37,41)/b10-6+/t22?,23?,24?,27-,34?/m0/s1. The molecule has 9 heteroatoms. The molecule has 9 nitrogen and oxygen atoms in total. The minimum Gasteiger partial charge on any atom is -0.466 e. The number of pyridine rings is 1. The zero-order valence-corrected chi connectivity index (χ0v) is 25.9. The van der Waals surface area contributed by atoms with Gasteiger partial charge in [-0.25, -0.2) is 4.79 Å². The number of carbonyl (C=O) groups is 3. The first-order chi connectivity index (χ1) is 20.5. The predicted molar refractivity (Wildman–Crippen MR) is 166 cm³/mol. The molecular weight excluding hydrogens is 544 g/mol. The first kappa shape index (κ1) is 30.8. The molecular formula is C34H46N4O5. The van der Waals surface area contributed by atoms with Gasteiger partial charge in [-0.05, 0) is 104 Å². The second-order valence-electron chi connectivity index (χ2n) is 14.1. The van der Waals surface area contributed by atoms with Gasteiger partial charge in [0.05, 0.1) is 12.7 Å². The van der Waals surface area contributed by atoms with Crippen LogP contribution in [0.2, 0.25) is 0 Å². The normalized spacial score (nSPS) is 25.1. The topological polar surface area (TPSA) is 122 Å². The molecule has 3 N–H and O–H groups in total. The van der Waals surface area contributed by atoms with Crippen LogP contribution >= 0.6 is 0 Å². The molecule has 1 atom stereocenters. The van der Waals surface area contributed by atoms with Crippen molar-refractivity contribution in [1.82, 2.24) is 14.9 Å². The summed E-state index contributed by atoms with van der Waals surface area (Å²) in [6.07, 6.45) is 17.7. The zero-order chi connectivity index (χ0) is 30.8. The molecule has 0 aliphatic heterocycles. The molecule has 0 aromatic carbocycles. The van der Waals surface area contributed by atoms with E-state index in [0.717, 1.165) is 29.7 Å². The Morgan fingerprint density at radius 1 is 1.12 bits per heavy atom. The summed E-state index contributed by atoms with van der Waals surface area (Å²) in [6, 6.07) is 2.47. The van der Waals surface area contributed by atoms with Crippen LogP contribution in [0.1, 0.15) is 94.5 Å². The molecule has 4 bridgehead atoms. The number of methoxy groups -OCH3 is 1. The third kappa shape index (κ3) is 7.13. The van der Waals surface area contributed by atoms with Gasteiger partial charge >= 0.3 is 5.97 Å². The number of hydrogen-bond acceptors (Lipinski definition) is 5. The Labute approximate surface area is 253 Å². The molecule has 0 spiro atoms. The zero-order valence-electron chi connectivity index (χ0n) is 25.9. The summed E-state index contributed by atoms with van der Waals surface area (Å²) in [5.74, 6) is 1.20. The van der Waals surface area contributed by atoms with Crippen LogP contribution in [0.3, 0.4) is 0 Å². The van der Waals surface area contributed by atoms with Gasteiger partial charge in [0, 0.05) is 31.2 Å². The Bertz CT molecular complexity index is 1390. The predicted octanol–water partition coefficient (Wildman–Crippen LogP) is 5.33. The highest BCUT2D eigenvalue weighted by atomic mass is 16.5. The van der Waals surface area contributed by atoms with Crippen LogP contribution in [-0.2, 0) is 26.3 Å². The Kier molecular flexibility index (Phi) is 8.99. The maximum atomic E-state index is 13.5. The maximum Gasteiger partial charge on any atom is 0.330 e. The van der Waals surface area contributed by atoms with Crippen molar-refractivity contribution >= 4 is 23.5 Å². The number of nitrogens with zero attached hydrogens (tertiary/aromatic N) is 1. The number of amides is 2. The first-order valence-corrected chi connectivity index (χ1v) is 15.7. The van der Waals surface area contributed by atoms with Gasteiger partial charge in [0.15, 0.2) is 0 Å². The summed E-state index contributed by atoms with van der Waals surface area (Å²) < 4.78 is 6.36. The number of rotatable bonds is 11. The van der Waals surface area contributed by atoms with E-state index in [1.807, 2.05) is 20.8 Å². The summed E-state index contributed by atoms with van der Waals surface area (Å²) in [4.78, 5) is 54.8. The highest BCUT2D eigenvalue weighted by Crippen LogP contribution is 2.61. The van der Waals surface area contributed by atoms with E-state index in [4.69, 9.17) is 0 Å². The Balaban J connectivity index is 1.28. The number of anilines is 1. The van der Waals surface area contributed by atoms with E-state index in [2.05, 4.69) is 20.4 Å². The number of H-pyrrole nitrogens is 1. The van der Waals surface area contributed by atoms with Gasteiger partial charge in [-0.3, -0.25) is 14.4 Å². The average molecular weight is 591 g/mol. The van der Waals surface area contributed by atoms with Crippen LogP contribution in [-0.4, -0.2) is 40.5 Å². The number of allylic oxidation sites excluding steroid dienone is 1. The summed E-state index contributed by atoms with van der Waals surface area (Å²) >= 11 is 0.